The fraction of sp³-hybridized carbons (Fsp3) is 0.462. The van der Waals surface area contributed by atoms with E-state index in [1.54, 1.807) is 18.2 Å². The smallest absolute Gasteiger partial charge is 0.221 e. The summed E-state index contributed by atoms with van der Waals surface area (Å²) in [5.74, 6) is 0.205. The highest BCUT2D eigenvalue weighted by Gasteiger charge is 2.43. The molecule has 0 saturated heterocycles. The van der Waals surface area contributed by atoms with Crippen LogP contribution in [-0.2, 0) is 4.79 Å². The minimum absolute atomic E-state index is 0.000797. The SMILES string of the molecule is O=C(CCSc1ccccc1F)NC1(CO)CC1. The molecule has 0 unspecified atom stereocenters. The molecule has 98 valence electrons. The van der Waals surface area contributed by atoms with Gasteiger partial charge in [-0.25, -0.2) is 4.39 Å². The van der Waals surface area contributed by atoms with Crippen LogP contribution in [0.4, 0.5) is 4.39 Å². The third-order valence-electron chi connectivity index (χ3n) is 2.98. The molecule has 0 atom stereocenters. The molecule has 0 radical (unpaired) electrons. The van der Waals surface area contributed by atoms with Crippen LogP contribution in [0.2, 0.25) is 0 Å². The zero-order chi connectivity index (χ0) is 13.0. The lowest BCUT2D eigenvalue weighted by atomic mass is 10.3. The molecule has 1 aromatic carbocycles. The highest BCUT2D eigenvalue weighted by atomic mass is 32.2. The molecular weight excluding hydrogens is 253 g/mol. The van der Waals surface area contributed by atoms with Crippen LogP contribution in [0, 0.1) is 5.82 Å². The average Bonchev–Trinajstić information content (AvgIpc) is 3.12. The standard InChI is InChI=1S/C13H16FNO2S/c14-10-3-1-2-4-11(10)18-8-5-12(17)15-13(9-16)6-7-13/h1-4,16H,5-9H2,(H,15,17). The number of carbonyl (C=O) groups is 1. The zero-order valence-electron chi connectivity index (χ0n) is 9.99. The van der Waals surface area contributed by atoms with Crippen LogP contribution in [0.5, 0.6) is 0 Å². The maximum atomic E-state index is 13.3. The Balaban J connectivity index is 1.72. The number of amides is 1. The summed E-state index contributed by atoms with van der Waals surface area (Å²) >= 11 is 1.33. The molecule has 0 heterocycles. The summed E-state index contributed by atoms with van der Waals surface area (Å²) in [5, 5.41) is 11.9. The topological polar surface area (TPSA) is 49.3 Å². The van der Waals surface area contributed by atoms with Crippen LogP contribution in [-0.4, -0.2) is 28.9 Å². The van der Waals surface area contributed by atoms with Crippen molar-refractivity contribution in [2.24, 2.45) is 0 Å². The monoisotopic (exact) mass is 269 g/mol. The number of halogens is 1. The number of rotatable bonds is 6. The van der Waals surface area contributed by atoms with E-state index < -0.39 is 0 Å². The normalized spacial score (nSPS) is 16.3. The third-order valence-corrected chi connectivity index (χ3v) is 4.03. The molecule has 0 aliphatic heterocycles. The lowest BCUT2D eigenvalue weighted by Gasteiger charge is -2.13. The van der Waals surface area contributed by atoms with Crippen LogP contribution < -0.4 is 5.32 Å². The molecule has 0 aromatic heterocycles. The van der Waals surface area contributed by atoms with Gasteiger partial charge in [0.1, 0.15) is 5.82 Å². The largest absolute Gasteiger partial charge is 0.394 e. The molecule has 2 N–H and O–H groups in total. The van der Waals surface area contributed by atoms with E-state index in [-0.39, 0.29) is 23.9 Å². The summed E-state index contributed by atoms with van der Waals surface area (Å²) in [5.41, 5.74) is -0.361. The first-order valence-electron chi connectivity index (χ1n) is 5.94. The number of hydrogen-bond donors (Lipinski definition) is 2. The van der Waals surface area contributed by atoms with E-state index in [2.05, 4.69) is 5.32 Å². The molecule has 1 aliphatic rings. The molecule has 0 bridgehead atoms. The van der Waals surface area contributed by atoms with Crippen LogP contribution in [0.25, 0.3) is 0 Å². The predicted molar refractivity (Wildman–Crippen MR) is 68.9 cm³/mol. The fourth-order valence-corrected chi connectivity index (χ4v) is 2.54. The highest BCUT2D eigenvalue weighted by Crippen LogP contribution is 2.34. The Kier molecular flexibility index (Phi) is 4.24. The number of aliphatic hydroxyl groups is 1. The Hall–Kier alpha value is -1.07. The highest BCUT2D eigenvalue weighted by molar-refractivity contribution is 7.99. The quantitative estimate of drug-likeness (QED) is 0.776. The number of aliphatic hydroxyl groups excluding tert-OH is 1. The van der Waals surface area contributed by atoms with Crippen molar-refractivity contribution in [3.05, 3.63) is 30.1 Å². The molecule has 1 fully saturated rings. The molecule has 1 saturated carbocycles. The van der Waals surface area contributed by atoms with Crippen molar-refractivity contribution < 1.29 is 14.3 Å². The maximum absolute atomic E-state index is 13.3. The first-order chi connectivity index (χ1) is 8.65. The van der Waals surface area contributed by atoms with Gasteiger partial charge in [-0.2, -0.15) is 0 Å². The molecule has 1 aliphatic carbocycles. The van der Waals surface area contributed by atoms with Gasteiger partial charge in [-0.05, 0) is 25.0 Å². The second-order valence-electron chi connectivity index (χ2n) is 4.52. The van der Waals surface area contributed by atoms with Crippen molar-refractivity contribution in [2.75, 3.05) is 12.4 Å². The molecule has 5 heteroatoms. The number of thioether (sulfide) groups is 1. The molecule has 1 amide bonds. The van der Waals surface area contributed by atoms with Crippen molar-refractivity contribution in [1.29, 1.82) is 0 Å². The minimum atomic E-state index is -0.361. The van der Waals surface area contributed by atoms with Crippen molar-refractivity contribution in [3.63, 3.8) is 0 Å². The molecule has 1 aromatic rings. The molecular formula is C13H16FNO2S. The third kappa shape index (κ3) is 3.46. The van der Waals surface area contributed by atoms with Gasteiger partial charge in [0.05, 0.1) is 12.1 Å². The van der Waals surface area contributed by atoms with Crippen LogP contribution in [0.1, 0.15) is 19.3 Å². The van der Waals surface area contributed by atoms with Gasteiger partial charge in [0.25, 0.3) is 0 Å². The molecule has 18 heavy (non-hydrogen) atoms. The maximum Gasteiger partial charge on any atom is 0.221 e. The second-order valence-corrected chi connectivity index (χ2v) is 5.65. The number of hydrogen-bond acceptors (Lipinski definition) is 3. The Bertz CT molecular complexity index is 435. The fourth-order valence-electron chi connectivity index (χ4n) is 1.65. The summed E-state index contributed by atoms with van der Waals surface area (Å²) in [6.07, 6.45) is 2.02. The lowest BCUT2D eigenvalue weighted by Crippen LogP contribution is -2.39. The van der Waals surface area contributed by atoms with Crippen LogP contribution in [0.3, 0.4) is 0 Å². The van der Waals surface area contributed by atoms with Gasteiger partial charge >= 0.3 is 0 Å². The summed E-state index contributed by atoms with van der Waals surface area (Å²) < 4.78 is 13.3. The zero-order valence-corrected chi connectivity index (χ0v) is 10.8. The van der Waals surface area contributed by atoms with E-state index in [1.807, 2.05) is 0 Å². The van der Waals surface area contributed by atoms with Gasteiger partial charge in [0, 0.05) is 17.1 Å². The predicted octanol–water partition coefficient (Wildman–Crippen LogP) is 1.95. The van der Waals surface area contributed by atoms with Crippen molar-refractivity contribution in [1.82, 2.24) is 5.32 Å². The van der Waals surface area contributed by atoms with Gasteiger partial charge in [0.2, 0.25) is 5.91 Å². The lowest BCUT2D eigenvalue weighted by molar-refractivity contribution is -0.122. The Morgan fingerprint density at radius 1 is 1.44 bits per heavy atom. The Morgan fingerprint density at radius 3 is 2.78 bits per heavy atom. The van der Waals surface area contributed by atoms with E-state index in [9.17, 15) is 9.18 Å². The summed E-state index contributed by atoms with van der Waals surface area (Å²) in [4.78, 5) is 12.2. The van der Waals surface area contributed by atoms with Crippen LogP contribution >= 0.6 is 11.8 Å². The van der Waals surface area contributed by atoms with Gasteiger partial charge < -0.3 is 10.4 Å². The van der Waals surface area contributed by atoms with Crippen molar-refractivity contribution >= 4 is 17.7 Å². The van der Waals surface area contributed by atoms with E-state index in [4.69, 9.17) is 5.11 Å². The summed E-state index contributed by atoms with van der Waals surface area (Å²) in [6, 6.07) is 6.53. The molecule has 0 spiro atoms. The number of nitrogens with one attached hydrogen (secondary N) is 1. The Morgan fingerprint density at radius 2 is 2.17 bits per heavy atom. The minimum Gasteiger partial charge on any atom is -0.394 e. The van der Waals surface area contributed by atoms with E-state index in [0.717, 1.165) is 12.8 Å². The van der Waals surface area contributed by atoms with Crippen molar-refractivity contribution in [3.8, 4) is 0 Å². The molecule has 2 rings (SSSR count). The summed E-state index contributed by atoms with van der Waals surface area (Å²) in [6.45, 7) is -0.000797. The van der Waals surface area contributed by atoms with Gasteiger partial charge in [-0.15, -0.1) is 11.8 Å². The first-order valence-corrected chi connectivity index (χ1v) is 6.93. The number of benzene rings is 1. The Labute approximate surface area is 110 Å². The summed E-state index contributed by atoms with van der Waals surface area (Å²) in [7, 11) is 0. The van der Waals surface area contributed by atoms with E-state index in [1.165, 1.54) is 17.8 Å². The van der Waals surface area contributed by atoms with E-state index >= 15 is 0 Å². The second kappa shape index (κ2) is 5.71. The van der Waals surface area contributed by atoms with Crippen LogP contribution in [0.15, 0.2) is 29.2 Å². The van der Waals surface area contributed by atoms with Gasteiger partial charge in [-0.3, -0.25) is 4.79 Å². The van der Waals surface area contributed by atoms with Gasteiger partial charge in [-0.1, -0.05) is 12.1 Å². The average molecular weight is 269 g/mol. The number of carbonyl (C=O) groups excluding carboxylic acids is 1. The van der Waals surface area contributed by atoms with E-state index in [0.29, 0.717) is 17.1 Å². The van der Waals surface area contributed by atoms with Gasteiger partial charge in [0.15, 0.2) is 0 Å². The van der Waals surface area contributed by atoms with Crippen molar-refractivity contribution in [2.45, 2.75) is 29.7 Å². The first kappa shape index (κ1) is 13.4. The molecule has 3 nitrogen and oxygen atoms in total.